The normalized spacial score (nSPS) is 13.0. The summed E-state index contributed by atoms with van der Waals surface area (Å²) < 4.78 is 11.8. The maximum absolute atomic E-state index is 5.96. The lowest BCUT2D eigenvalue weighted by atomic mass is 10.1. The molecular formula is C33H65NO2. The van der Waals surface area contributed by atoms with Crippen molar-refractivity contribution in [1.82, 2.24) is 4.90 Å². The second-order valence-corrected chi connectivity index (χ2v) is 10.8. The van der Waals surface area contributed by atoms with E-state index in [-0.39, 0.29) is 0 Å². The third-order valence-electron chi connectivity index (χ3n) is 6.98. The predicted octanol–water partition coefficient (Wildman–Crippen LogP) is 9.90. The molecule has 0 aromatic heterocycles. The smallest absolute Gasteiger partial charge is 0.0644 e. The summed E-state index contributed by atoms with van der Waals surface area (Å²) in [6.45, 7) is 7.87. The fourth-order valence-corrected chi connectivity index (χ4v) is 4.32. The molecule has 0 amide bonds. The van der Waals surface area contributed by atoms with Gasteiger partial charge in [-0.15, -0.1) is 0 Å². The van der Waals surface area contributed by atoms with Gasteiger partial charge in [0, 0.05) is 13.2 Å². The summed E-state index contributed by atoms with van der Waals surface area (Å²) in [5.41, 5.74) is 0. The van der Waals surface area contributed by atoms with Gasteiger partial charge in [0.25, 0.3) is 0 Å². The first-order valence-corrected chi connectivity index (χ1v) is 15.8. The van der Waals surface area contributed by atoms with E-state index in [9.17, 15) is 0 Å². The van der Waals surface area contributed by atoms with Crippen LogP contribution < -0.4 is 0 Å². The van der Waals surface area contributed by atoms with Crippen molar-refractivity contribution in [2.75, 3.05) is 40.5 Å². The highest BCUT2D eigenvalue weighted by molar-refractivity contribution is 4.92. The molecule has 1 atom stereocenters. The number of likely N-dealkylation sites (N-methyl/N-ethyl adjacent to an activating group) is 1. The van der Waals surface area contributed by atoms with E-state index >= 15 is 0 Å². The molecule has 214 valence electrons. The summed E-state index contributed by atoms with van der Waals surface area (Å²) in [6.07, 6.45) is 35.8. The first kappa shape index (κ1) is 35.4. The number of hydrogen-bond acceptors (Lipinski definition) is 3. The van der Waals surface area contributed by atoms with Gasteiger partial charge in [0.15, 0.2) is 0 Å². The van der Waals surface area contributed by atoms with Crippen LogP contribution in [0.1, 0.15) is 142 Å². The Morgan fingerprint density at radius 3 is 1.36 bits per heavy atom. The van der Waals surface area contributed by atoms with Crippen LogP contribution in [0.4, 0.5) is 0 Å². The van der Waals surface area contributed by atoms with Gasteiger partial charge in [0.05, 0.1) is 19.3 Å². The van der Waals surface area contributed by atoms with E-state index in [0.717, 1.165) is 32.8 Å². The minimum absolute atomic E-state index is 0.370. The van der Waals surface area contributed by atoms with Gasteiger partial charge in [0.2, 0.25) is 0 Å². The molecule has 0 spiro atoms. The molecule has 0 aromatic rings. The molecule has 0 radical (unpaired) electrons. The van der Waals surface area contributed by atoms with Crippen molar-refractivity contribution in [3.8, 4) is 0 Å². The van der Waals surface area contributed by atoms with Gasteiger partial charge in [-0.1, -0.05) is 122 Å². The zero-order chi connectivity index (χ0) is 26.4. The molecule has 0 aromatic carbocycles. The lowest BCUT2D eigenvalue weighted by Gasteiger charge is -2.24. The molecule has 0 rings (SSSR count). The lowest BCUT2D eigenvalue weighted by Crippen LogP contribution is -2.37. The number of nitrogens with zero attached hydrogens (tertiary/aromatic N) is 1. The molecule has 36 heavy (non-hydrogen) atoms. The third kappa shape index (κ3) is 27.9. The highest BCUT2D eigenvalue weighted by Crippen LogP contribution is 2.12. The number of rotatable bonds is 29. The van der Waals surface area contributed by atoms with Crippen molar-refractivity contribution in [3.63, 3.8) is 0 Å². The van der Waals surface area contributed by atoms with E-state index in [1.54, 1.807) is 0 Å². The van der Waals surface area contributed by atoms with E-state index in [4.69, 9.17) is 9.47 Å². The summed E-state index contributed by atoms with van der Waals surface area (Å²) in [5.74, 6) is 0. The Kier molecular flexibility index (Phi) is 30.0. The molecule has 0 unspecified atom stereocenters. The average molecular weight is 508 g/mol. The van der Waals surface area contributed by atoms with Crippen LogP contribution in [0.2, 0.25) is 0 Å². The minimum Gasteiger partial charge on any atom is -0.380 e. The Labute approximate surface area is 227 Å². The van der Waals surface area contributed by atoms with Gasteiger partial charge in [0.1, 0.15) is 0 Å². The Morgan fingerprint density at radius 1 is 0.500 bits per heavy atom. The standard InChI is InChI=1S/C33H65NO2/c1-5-7-9-11-12-13-14-15-16-17-18-19-20-21-22-23-24-25-26-28-30-36-32-33(34(3)4)31-35-29-27-10-8-6-2/h12-13,15-16,33H,5-11,14,17-32H2,1-4H3/t33-/m0/s1. The van der Waals surface area contributed by atoms with Crippen molar-refractivity contribution in [2.24, 2.45) is 0 Å². The Bertz CT molecular complexity index is 461. The van der Waals surface area contributed by atoms with Gasteiger partial charge in [-0.2, -0.15) is 0 Å². The summed E-state index contributed by atoms with van der Waals surface area (Å²) in [6, 6.07) is 0.370. The van der Waals surface area contributed by atoms with E-state index in [1.807, 2.05) is 0 Å². The van der Waals surface area contributed by atoms with Crippen LogP contribution in [0.25, 0.3) is 0 Å². The number of allylic oxidation sites excluding steroid dienone is 4. The van der Waals surface area contributed by atoms with E-state index < -0.39 is 0 Å². The summed E-state index contributed by atoms with van der Waals surface area (Å²) in [5, 5.41) is 0. The van der Waals surface area contributed by atoms with Gasteiger partial charge in [-0.3, -0.25) is 0 Å². The fraction of sp³-hybridized carbons (Fsp3) is 0.879. The van der Waals surface area contributed by atoms with E-state index in [2.05, 4.69) is 57.1 Å². The minimum atomic E-state index is 0.370. The molecule has 0 bridgehead atoms. The van der Waals surface area contributed by atoms with Crippen LogP contribution in [0, 0.1) is 0 Å². The highest BCUT2D eigenvalue weighted by atomic mass is 16.5. The highest BCUT2D eigenvalue weighted by Gasteiger charge is 2.11. The quantitative estimate of drug-likeness (QED) is 0.0742. The van der Waals surface area contributed by atoms with Crippen LogP contribution in [0.5, 0.6) is 0 Å². The second kappa shape index (κ2) is 30.6. The average Bonchev–Trinajstić information content (AvgIpc) is 2.87. The maximum atomic E-state index is 5.96. The molecule has 0 aliphatic carbocycles. The van der Waals surface area contributed by atoms with Gasteiger partial charge in [-0.05, 0) is 59.0 Å². The molecule has 0 heterocycles. The fourth-order valence-electron chi connectivity index (χ4n) is 4.32. The number of unbranched alkanes of at least 4 members (excludes halogenated alkanes) is 16. The molecule has 0 aliphatic rings. The monoisotopic (exact) mass is 508 g/mol. The first-order chi connectivity index (χ1) is 17.7. The summed E-state index contributed by atoms with van der Waals surface area (Å²) >= 11 is 0. The van der Waals surface area contributed by atoms with Crippen molar-refractivity contribution < 1.29 is 9.47 Å². The molecule has 0 aliphatic heterocycles. The second-order valence-electron chi connectivity index (χ2n) is 10.8. The summed E-state index contributed by atoms with van der Waals surface area (Å²) in [7, 11) is 4.25. The molecule has 0 saturated heterocycles. The Hall–Kier alpha value is -0.640. The summed E-state index contributed by atoms with van der Waals surface area (Å²) in [4.78, 5) is 2.23. The SMILES string of the molecule is CCCCCC=CCC=CCCCCCCCCCCCCOC[C@H](COCCCCCC)N(C)C. The number of hydrogen-bond donors (Lipinski definition) is 0. The lowest BCUT2D eigenvalue weighted by molar-refractivity contribution is 0.0198. The van der Waals surface area contributed by atoms with Gasteiger partial charge < -0.3 is 14.4 Å². The third-order valence-corrected chi connectivity index (χ3v) is 6.98. The molecule has 3 heteroatoms. The van der Waals surface area contributed by atoms with Crippen molar-refractivity contribution in [1.29, 1.82) is 0 Å². The van der Waals surface area contributed by atoms with Gasteiger partial charge >= 0.3 is 0 Å². The molecule has 0 saturated carbocycles. The first-order valence-electron chi connectivity index (χ1n) is 15.8. The van der Waals surface area contributed by atoms with Crippen LogP contribution in [0.3, 0.4) is 0 Å². The van der Waals surface area contributed by atoms with E-state index in [0.29, 0.717) is 6.04 Å². The molecule has 3 nitrogen and oxygen atoms in total. The Morgan fingerprint density at radius 2 is 0.889 bits per heavy atom. The Balaban J connectivity index is 3.35. The van der Waals surface area contributed by atoms with Gasteiger partial charge in [-0.25, -0.2) is 0 Å². The van der Waals surface area contributed by atoms with Crippen molar-refractivity contribution >= 4 is 0 Å². The van der Waals surface area contributed by atoms with Crippen LogP contribution in [-0.4, -0.2) is 51.5 Å². The maximum Gasteiger partial charge on any atom is 0.0644 e. The van der Waals surface area contributed by atoms with Crippen LogP contribution >= 0.6 is 0 Å². The zero-order valence-corrected chi connectivity index (χ0v) is 25.1. The zero-order valence-electron chi connectivity index (χ0n) is 25.1. The van der Waals surface area contributed by atoms with E-state index in [1.165, 1.54) is 122 Å². The molecule has 0 N–H and O–H groups in total. The van der Waals surface area contributed by atoms with Crippen LogP contribution in [-0.2, 0) is 9.47 Å². The predicted molar refractivity (Wildman–Crippen MR) is 161 cm³/mol. The molecular weight excluding hydrogens is 442 g/mol. The van der Waals surface area contributed by atoms with Crippen molar-refractivity contribution in [3.05, 3.63) is 24.3 Å². The largest absolute Gasteiger partial charge is 0.380 e. The number of ether oxygens (including phenoxy) is 2. The van der Waals surface area contributed by atoms with Crippen molar-refractivity contribution in [2.45, 2.75) is 148 Å². The van der Waals surface area contributed by atoms with Crippen LogP contribution in [0.15, 0.2) is 24.3 Å². The molecule has 0 fully saturated rings. The topological polar surface area (TPSA) is 21.7 Å².